The fraction of sp³-hybridized carbons (Fsp3) is 0.900. The minimum Gasteiger partial charge on any atom is -0.395 e. The molecule has 4 N–H and O–H groups in total. The van der Waals surface area contributed by atoms with Crippen LogP contribution in [0, 0.1) is 0 Å². The van der Waals surface area contributed by atoms with Crippen molar-refractivity contribution in [1.29, 1.82) is 0 Å². The number of rotatable bonds is 3. The fourth-order valence-electron chi connectivity index (χ4n) is 1.90. The standard InChI is InChI=1S/C10H18N2O3S2/c1-2-3-11-10-12-6-8(15)7(14)5(4-13)16-9(6)17-10/h5-9,13-15H,2-4H2,1H3,(H,11,12)/t5-,6-,7-,8-,9-/m1/s1. The van der Waals surface area contributed by atoms with Gasteiger partial charge in [-0.05, 0) is 6.42 Å². The Balaban J connectivity index is 2.01. The Bertz CT molecular complexity index is 303. The van der Waals surface area contributed by atoms with Crippen molar-refractivity contribution in [2.24, 2.45) is 4.99 Å². The highest BCUT2D eigenvalue weighted by Gasteiger charge is 2.47. The highest BCUT2D eigenvalue weighted by atomic mass is 32.2. The monoisotopic (exact) mass is 278 g/mol. The van der Waals surface area contributed by atoms with Crippen LogP contribution in [0.15, 0.2) is 4.99 Å². The zero-order valence-corrected chi connectivity index (χ0v) is 11.2. The molecule has 0 aromatic heterocycles. The molecule has 1 saturated heterocycles. The van der Waals surface area contributed by atoms with Crippen LogP contribution in [0.1, 0.15) is 13.3 Å². The highest BCUT2D eigenvalue weighted by Crippen LogP contribution is 2.44. The van der Waals surface area contributed by atoms with Crippen LogP contribution >= 0.6 is 23.5 Å². The molecule has 7 heteroatoms. The Labute approximate surface area is 109 Å². The van der Waals surface area contributed by atoms with E-state index < -0.39 is 12.2 Å². The lowest BCUT2D eigenvalue weighted by Crippen LogP contribution is -2.51. The molecule has 0 saturated carbocycles. The second kappa shape index (κ2) is 5.79. The van der Waals surface area contributed by atoms with Crippen molar-refractivity contribution in [3.63, 3.8) is 0 Å². The zero-order valence-electron chi connectivity index (χ0n) is 9.61. The van der Waals surface area contributed by atoms with Crippen LogP contribution in [0.5, 0.6) is 0 Å². The first-order chi connectivity index (χ1) is 8.17. The van der Waals surface area contributed by atoms with Crippen molar-refractivity contribution in [3.8, 4) is 0 Å². The lowest BCUT2D eigenvalue weighted by molar-refractivity contribution is -0.00540. The number of fused-ring (bicyclic) bond motifs is 1. The molecule has 2 aliphatic rings. The fourth-order valence-corrected chi connectivity index (χ4v) is 4.91. The van der Waals surface area contributed by atoms with Crippen LogP contribution in [-0.4, -0.2) is 61.7 Å². The van der Waals surface area contributed by atoms with E-state index in [1.165, 1.54) is 11.8 Å². The Hall–Kier alpha value is 0.0500. The summed E-state index contributed by atoms with van der Waals surface area (Å²) in [5.74, 6) is 0. The van der Waals surface area contributed by atoms with Crippen LogP contribution in [0.3, 0.4) is 0 Å². The first kappa shape index (κ1) is 13.5. The van der Waals surface area contributed by atoms with Gasteiger partial charge in [0.2, 0.25) is 0 Å². The van der Waals surface area contributed by atoms with Crippen LogP contribution in [0.25, 0.3) is 0 Å². The third kappa shape index (κ3) is 2.73. The van der Waals surface area contributed by atoms with Crippen molar-refractivity contribution >= 4 is 28.7 Å². The molecule has 0 bridgehead atoms. The van der Waals surface area contributed by atoms with Gasteiger partial charge in [-0.2, -0.15) is 0 Å². The normalized spacial score (nSPS) is 40.9. The largest absolute Gasteiger partial charge is 0.395 e. The second-order valence-electron chi connectivity index (χ2n) is 4.18. The molecule has 5 atom stereocenters. The summed E-state index contributed by atoms with van der Waals surface area (Å²) in [6.45, 7) is 2.82. The Morgan fingerprint density at radius 1 is 1.35 bits per heavy atom. The summed E-state index contributed by atoms with van der Waals surface area (Å²) in [4.78, 5) is 4.40. The lowest BCUT2D eigenvalue weighted by atomic mass is 10.0. The number of hydrogen-bond acceptors (Lipinski definition) is 7. The minimum atomic E-state index is -0.902. The molecule has 0 spiro atoms. The SMILES string of the molecule is CCCNC1=N[C@H]2[C@@H](S1)S[C@H](CO)[C@@H](O)[C@@H]2O. The second-order valence-corrected chi connectivity index (χ2v) is 6.99. The van der Waals surface area contributed by atoms with Crippen LogP contribution in [-0.2, 0) is 0 Å². The average Bonchev–Trinajstić information content (AvgIpc) is 2.74. The number of thioether (sulfide) groups is 2. The van der Waals surface area contributed by atoms with Gasteiger partial charge in [0, 0.05) is 6.54 Å². The van der Waals surface area contributed by atoms with Gasteiger partial charge in [0.15, 0.2) is 5.17 Å². The molecule has 0 aliphatic carbocycles. The smallest absolute Gasteiger partial charge is 0.158 e. The average molecular weight is 278 g/mol. The lowest BCUT2D eigenvalue weighted by Gasteiger charge is -2.36. The van der Waals surface area contributed by atoms with E-state index in [9.17, 15) is 10.2 Å². The van der Waals surface area contributed by atoms with Gasteiger partial charge in [0.05, 0.1) is 22.5 Å². The van der Waals surface area contributed by atoms with Gasteiger partial charge in [-0.15, -0.1) is 11.8 Å². The molecule has 17 heavy (non-hydrogen) atoms. The summed E-state index contributed by atoms with van der Waals surface area (Å²) < 4.78 is 0.0879. The van der Waals surface area contributed by atoms with E-state index in [0.29, 0.717) is 0 Å². The van der Waals surface area contributed by atoms with Crippen molar-refractivity contribution in [1.82, 2.24) is 5.32 Å². The zero-order chi connectivity index (χ0) is 12.4. The topological polar surface area (TPSA) is 85.1 Å². The van der Waals surface area contributed by atoms with Crippen LogP contribution in [0.2, 0.25) is 0 Å². The number of aliphatic hydroxyl groups is 3. The van der Waals surface area contributed by atoms with Gasteiger partial charge in [0.1, 0.15) is 12.1 Å². The van der Waals surface area contributed by atoms with E-state index in [1.807, 2.05) is 0 Å². The summed E-state index contributed by atoms with van der Waals surface area (Å²) in [7, 11) is 0. The maximum atomic E-state index is 9.97. The molecule has 2 heterocycles. The summed E-state index contributed by atoms with van der Waals surface area (Å²) in [5, 5.41) is 32.7. The highest BCUT2D eigenvalue weighted by molar-refractivity contribution is 8.25. The summed E-state index contributed by atoms with van der Waals surface area (Å²) in [6, 6.07) is -0.276. The van der Waals surface area contributed by atoms with E-state index in [0.717, 1.165) is 18.1 Å². The summed E-state index contributed by atoms with van der Waals surface area (Å²) >= 11 is 3.08. The molecule has 0 amide bonds. The van der Waals surface area contributed by atoms with E-state index in [1.54, 1.807) is 11.8 Å². The first-order valence-electron chi connectivity index (χ1n) is 5.78. The Kier molecular flexibility index (Phi) is 4.59. The van der Waals surface area contributed by atoms with E-state index in [4.69, 9.17) is 5.11 Å². The molecule has 2 rings (SSSR count). The van der Waals surface area contributed by atoms with Crippen LogP contribution in [0.4, 0.5) is 0 Å². The molecule has 0 radical (unpaired) electrons. The molecule has 5 nitrogen and oxygen atoms in total. The predicted molar refractivity (Wildman–Crippen MR) is 71.4 cm³/mol. The number of aliphatic imine (C=N–C) groups is 1. The Morgan fingerprint density at radius 2 is 2.12 bits per heavy atom. The molecule has 1 fully saturated rings. The molecule has 2 aliphatic heterocycles. The van der Waals surface area contributed by atoms with Gasteiger partial charge < -0.3 is 20.6 Å². The molecule has 0 unspecified atom stereocenters. The van der Waals surface area contributed by atoms with Crippen LogP contribution < -0.4 is 5.32 Å². The van der Waals surface area contributed by atoms with Gasteiger partial charge in [0.25, 0.3) is 0 Å². The van der Waals surface area contributed by atoms with E-state index in [-0.39, 0.29) is 22.5 Å². The molecule has 0 aromatic rings. The van der Waals surface area contributed by atoms with Gasteiger partial charge in [-0.25, -0.2) is 0 Å². The molecule has 0 aromatic carbocycles. The maximum Gasteiger partial charge on any atom is 0.158 e. The number of aliphatic hydroxyl groups excluding tert-OH is 3. The van der Waals surface area contributed by atoms with Crippen molar-refractivity contribution in [2.45, 2.75) is 41.4 Å². The third-order valence-corrected chi connectivity index (χ3v) is 5.80. The van der Waals surface area contributed by atoms with Gasteiger partial charge >= 0.3 is 0 Å². The Morgan fingerprint density at radius 3 is 2.76 bits per heavy atom. The maximum absolute atomic E-state index is 9.97. The van der Waals surface area contributed by atoms with E-state index in [2.05, 4.69) is 17.2 Å². The number of nitrogens with one attached hydrogen (secondary N) is 1. The van der Waals surface area contributed by atoms with Crippen molar-refractivity contribution in [3.05, 3.63) is 0 Å². The summed E-state index contributed by atoms with van der Waals surface area (Å²) in [6.07, 6.45) is -0.764. The number of nitrogens with zero attached hydrogens (tertiary/aromatic N) is 1. The summed E-state index contributed by atoms with van der Waals surface area (Å²) in [5.41, 5.74) is 0. The molecule has 98 valence electrons. The van der Waals surface area contributed by atoms with E-state index >= 15 is 0 Å². The van der Waals surface area contributed by atoms with Gasteiger partial charge in [-0.3, -0.25) is 4.99 Å². The number of hydrogen-bond donors (Lipinski definition) is 4. The van der Waals surface area contributed by atoms with Crippen molar-refractivity contribution in [2.75, 3.05) is 13.2 Å². The minimum absolute atomic E-state index is 0.0879. The molecular formula is C10H18N2O3S2. The first-order valence-corrected chi connectivity index (χ1v) is 7.60. The quantitative estimate of drug-likeness (QED) is 0.563. The number of amidine groups is 1. The van der Waals surface area contributed by atoms with Crippen molar-refractivity contribution < 1.29 is 15.3 Å². The third-order valence-electron chi connectivity index (χ3n) is 2.87. The van der Waals surface area contributed by atoms with Gasteiger partial charge in [-0.1, -0.05) is 18.7 Å². The predicted octanol–water partition coefficient (Wildman–Crippen LogP) is -0.387. The molecular weight excluding hydrogens is 260 g/mol.